The minimum atomic E-state index is 0.126. The van der Waals surface area contributed by atoms with Crippen molar-refractivity contribution in [2.24, 2.45) is 0 Å². The highest BCUT2D eigenvalue weighted by Crippen LogP contribution is 2.38. The molecular weight excluding hydrogens is 457 g/mol. The molecule has 0 fully saturated rings. The molecule has 1 aliphatic heterocycles. The van der Waals surface area contributed by atoms with Crippen LogP contribution in [-0.4, -0.2) is 16.3 Å². The predicted octanol–water partition coefficient (Wildman–Crippen LogP) is 5.63. The molecule has 0 saturated heterocycles. The Kier molecular flexibility index (Phi) is 4.64. The normalized spacial score (nSPS) is 12.8. The Balaban J connectivity index is 1.70. The van der Waals surface area contributed by atoms with Gasteiger partial charge in [0, 0.05) is 15.7 Å². The Hall–Kier alpha value is -2.60. The Labute approximate surface area is 178 Å². The van der Waals surface area contributed by atoms with Gasteiger partial charge in [-0.2, -0.15) is 5.10 Å². The van der Waals surface area contributed by atoms with Gasteiger partial charge in [0.2, 0.25) is 0 Å². The number of hydrogen-bond donors (Lipinski definition) is 1. The lowest BCUT2D eigenvalue weighted by Gasteiger charge is -2.17. The molecule has 3 nitrogen and oxygen atoms in total. The summed E-state index contributed by atoms with van der Waals surface area (Å²) in [6.07, 6.45) is 1.01. The summed E-state index contributed by atoms with van der Waals surface area (Å²) in [5.74, 6) is 1.26. The summed E-state index contributed by atoms with van der Waals surface area (Å²) >= 11 is 2.34. The highest BCUT2D eigenvalue weighted by atomic mass is 127. The molecule has 0 unspecified atom stereocenters. The van der Waals surface area contributed by atoms with Gasteiger partial charge in [-0.1, -0.05) is 60.7 Å². The van der Waals surface area contributed by atoms with E-state index in [-0.39, 0.29) is 5.92 Å². The standard InChI is InChI=1S/C24H20IN3/c25-19-11-13-20(14-12-19)28-24-21(15-16-26-24)23(27-28)22(17-7-3-1-4-8-17)18-9-5-2-6-10-18/h1-14,22,26H,15-16H2. The van der Waals surface area contributed by atoms with Crippen LogP contribution < -0.4 is 5.32 Å². The van der Waals surface area contributed by atoms with Gasteiger partial charge in [-0.3, -0.25) is 0 Å². The maximum atomic E-state index is 5.14. The SMILES string of the molecule is Ic1ccc(-n2nc(C(c3ccccc3)c3ccccc3)c3c2NCC3)cc1. The summed E-state index contributed by atoms with van der Waals surface area (Å²) in [5.41, 5.74) is 6.12. The number of anilines is 1. The first-order valence-electron chi connectivity index (χ1n) is 9.53. The minimum Gasteiger partial charge on any atom is -0.369 e. The number of rotatable bonds is 4. The summed E-state index contributed by atoms with van der Waals surface area (Å²) in [4.78, 5) is 0. The third-order valence-corrected chi connectivity index (χ3v) is 6.01. The molecule has 1 aromatic heterocycles. The Bertz CT molecular complexity index is 1050. The zero-order valence-corrected chi connectivity index (χ0v) is 17.5. The zero-order chi connectivity index (χ0) is 18.9. The maximum Gasteiger partial charge on any atom is 0.133 e. The Morgan fingerprint density at radius 3 is 2.04 bits per heavy atom. The van der Waals surface area contributed by atoms with Gasteiger partial charge >= 0.3 is 0 Å². The van der Waals surface area contributed by atoms with E-state index in [1.165, 1.54) is 20.3 Å². The number of hydrogen-bond acceptors (Lipinski definition) is 2. The largest absolute Gasteiger partial charge is 0.369 e. The monoisotopic (exact) mass is 477 g/mol. The average molecular weight is 477 g/mol. The number of benzene rings is 3. The molecule has 0 radical (unpaired) electrons. The van der Waals surface area contributed by atoms with E-state index >= 15 is 0 Å². The van der Waals surface area contributed by atoms with Crippen LogP contribution in [0.15, 0.2) is 84.9 Å². The lowest BCUT2D eigenvalue weighted by atomic mass is 9.86. The highest BCUT2D eigenvalue weighted by Gasteiger charge is 2.29. The molecule has 0 saturated carbocycles. The van der Waals surface area contributed by atoms with E-state index in [1.807, 2.05) is 0 Å². The molecule has 4 heteroatoms. The van der Waals surface area contributed by atoms with Crippen LogP contribution in [0.2, 0.25) is 0 Å². The van der Waals surface area contributed by atoms with Crippen LogP contribution in [0.25, 0.3) is 5.69 Å². The van der Waals surface area contributed by atoms with E-state index in [2.05, 4.69) is 118 Å². The topological polar surface area (TPSA) is 29.9 Å². The molecule has 0 bridgehead atoms. The van der Waals surface area contributed by atoms with Crippen LogP contribution in [-0.2, 0) is 6.42 Å². The predicted molar refractivity (Wildman–Crippen MR) is 122 cm³/mol. The molecule has 4 aromatic rings. The van der Waals surface area contributed by atoms with Gasteiger partial charge < -0.3 is 5.32 Å². The van der Waals surface area contributed by atoms with Crippen molar-refractivity contribution in [2.45, 2.75) is 12.3 Å². The van der Waals surface area contributed by atoms with Gasteiger partial charge in [0.25, 0.3) is 0 Å². The molecule has 1 N–H and O–H groups in total. The van der Waals surface area contributed by atoms with Gasteiger partial charge in [0.15, 0.2) is 0 Å². The third kappa shape index (κ3) is 3.11. The van der Waals surface area contributed by atoms with Gasteiger partial charge in [-0.25, -0.2) is 4.68 Å². The van der Waals surface area contributed by atoms with Crippen molar-refractivity contribution < 1.29 is 0 Å². The molecule has 2 heterocycles. The van der Waals surface area contributed by atoms with Crippen molar-refractivity contribution in [3.63, 3.8) is 0 Å². The number of nitrogens with one attached hydrogen (secondary N) is 1. The fraction of sp³-hybridized carbons (Fsp3) is 0.125. The van der Waals surface area contributed by atoms with Crippen molar-refractivity contribution in [1.29, 1.82) is 0 Å². The maximum absolute atomic E-state index is 5.14. The van der Waals surface area contributed by atoms with Crippen LogP contribution in [0.3, 0.4) is 0 Å². The Morgan fingerprint density at radius 2 is 1.43 bits per heavy atom. The molecule has 0 aliphatic carbocycles. The molecule has 0 amide bonds. The van der Waals surface area contributed by atoms with Gasteiger partial charge in [0.05, 0.1) is 17.3 Å². The van der Waals surface area contributed by atoms with E-state index in [4.69, 9.17) is 5.10 Å². The molecule has 5 rings (SSSR count). The summed E-state index contributed by atoms with van der Waals surface area (Å²) in [5, 5.41) is 8.70. The number of fused-ring (bicyclic) bond motifs is 1. The first-order chi connectivity index (χ1) is 13.8. The van der Waals surface area contributed by atoms with Gasteiger partial charge in [0.1, 0.15) is 5.82 Å². The second-order valence-corrected chi connectivity index (χ2v) is 8.28. The van der Waals surface area contributed by atoms with Crippen molar-refractivity contribution >= 4 is 28.4 Å². The second-order valence-electron chi connectivity index (χ2n) is 7.03. The number of nitrogens with zero attached hydrogens (tertiary/aromatic N) is 2. The van der Waals surface area contributed by atoms with E-state index in [1.54, 1.807) is 0 Å². The lowest BCUT2D eigenvalue weighted by Crippen LogP contribution is -2.09. The van der Waals surface area contributed by atoms with Crippen LogP contribution in [0.1, 0.15) is 28.3 Å². The molecule has 0 spiro atoms. The zero-order valence-electron chi connectivity index (χ0n) is 15.3. The Morgan fingerprint density at radius 1 is 0.821 bits per heavy atom. The number of aromatic nitrogens is 2. The molecule has 0 atom stereocenters. The average Bonchev–Trinajstić information content (AvgIpc) is 3.35. The van der Waals surface area contributed by atoms with E-state index in [0.717, 1.165) is 30.2 Å². The fourth-order valence-electron chi connectivity index (χ4n) is 4.00. The van der Waals surface area contributed by atoms with Crippen LogP contribution in [0.4, 0.5) is 5.82 Å². The van der Waals surface area contributed by atoms with E-state index in [0.29, 0.717) is 0 Å². The molecular formula is C24H20IN3. The lowest BCUT2D eigenvalue weighted by molar-refractivity contribution is 0.802. The van der Waals surface area contributed by atoms with E-state index in [9.17, 15) is 0 Å². The van der Waals surface area contributed by atoms with Crippen LogP contribution in [0, 0.1) is 3.57 Å². The summed E-state index contributed by atoms with van der Waals surface area (Å²) in [7, 11) is 0. The quantitative estimate of drug-likeness (QED) is 0.387. The van der Waals surface area contributed by atoms with E-state index < -0.39 is 0 Å². The summed E-state index contributed by atoms with van der Waals surface area (Å²) < 4.78 is 3.30. The molecule has 28 heavy (non-hydrogen) atoms. The van der Waals surface area contributed by atoms with Gasteiger partial charge in [-0.05, 0) is 64.4 Å². The number of halogens is 1. The highest BCUT2D eigenvalue weighted by molar-refractivity contribution is 14.1. The van der Waals surface area contributed by atoms with Crippen molar-refractivity contribution in [1.82, 2.24) is 9.78 Å². The third-order valence-electron chi connectivity index (χ3n) is 5.29. The van der Waals surface area contributed by atoms with Crippen molar-refractivity contribution in [2.75, 3.05) is 11.9 Å². The molecule has 138 valence electrons. The second kappa shape index (κ2) is 7.43. The fourth-order valence-corrected chi connectivity index (χ4v) is 4.36. The molecule has 3 aromatic carbocycles. The van der Waals surface area contributed by atoms with Crippen molar-refractivity contribution in [3.8, 4) is 5.69 Å². The first kappa shape index (κ1) is 17.5. The summed E-state index contributed by atoms with van der Waals surface area (Å²) in [6.45, 7) is 0.959. The van der Waals surface area contributed by atoms with Crippen LogP contribution >= 0.6 is 22.6 Å². The smallest absolute Gasteiger partial charge is 0.133 e. The molecule has 1 aliphatic rings. The minimum absolute atomic E-state index is 0.126. The first-order valence-corrected chi connectivity index (χ1v) is 10.6. The van der Waals surface area contributed by atoms with Crippen molar-refractivity contribution in [3.05, 3.63) is 111 Å². The van der Waals surface area contributed by atoms with Gasteiger partial charge in [-0.15, -0.1) is 0 Å². The summed E-state index contributed by atoms with van der Waals surface area (Å²) in [6, 6.07) is 29.9. The van der Waals surface area contributed by atoms with Crippen LogP contribution in [0.5, 0.6) is 0 Å².